The number of benzene rings is 1. The molecule has 1 nitrogen and oxygen atoms in total. The number of hydrogen-bond acceptors (Lipinski definition) is 0. The standard InChI is InChI=1S/C20H28N/c1-4-7-17-21(16-6-3,18-8-5-2)19-12-15-20-13-10-9-11-14-20/h3,9-11,13-14H,4-5,7-8,16-19H2,1-2H3/q+1. The average Bonchev–Trinajstić information content (AvgIpc) is 2.52. The van der Waals surface area contributed by atoms with Crippen LogP contribution in [-0.4, -0.2) is 30.7 Å². The van der Waals surface area contributed by atoms with Crippen LogP contribution in [0.15, 0.2) is 30.3 Å². The van der Waals surface area contributed by atoms with Gasteiger partial charge in [-0.3, -0.25) is 0 Å². The molecule has 0 atom stereocenters. The second-order valence-electron chi connectivity index (χ2n) is 5.68. The molecule has 1 heteroatoms. The number of nitrogens with zero attached hydrogens (tertiary/aromatic N) is 1. The van der Waals surface area contributed by atoms with Crippen LogP contribution in [0.25, 0.3) is 0 Å². The minimum Gasteiger partial charge on any atom is -0.303 e. The highest BCUT2D eigenvalue weighted by atomic mass is 15.3. The Balaban J connectivity index is 2.79. The highest BCUT2D eigenvalue weighted by Gasteiger charge is 2.23. The molecule has 0 spiro atoms. The van der Waals surface area contributed by atoms with Gasteiger partial charge in [0.15, 0.2) is 0 Å². The molecule has 0 amide bonds. The highest BCUT2D eigenvalue weighted by molar-refractivity contribution is 5.33. The van der Waals surface area contributed by atoms with E-state index in [1.165, 1.54) is 25.7 Å². The van der Waals surface area contributed by atoms with E-state index in [0.29, 0.717) is 0 Å². The predicted octanol–water partition coefficient (Wildman–Crippen LogP) is 4.09. The van der Waals surface area contributed by atoms with Gasteiger partial charge in [0, 0.05) is 5.56 Å². The lowest BCUT2D eigenvalue weighted by Gasteiger charge is -2.35. The van der Waals surface area contributed by atoms with Crippen LogP contribution in [0, 0.1) is 24.2 Å². The van der Waals surface area contributed by atoms with E-state index in [1.807, 2.05) is 18.2 Å². The zero-order chi connectivity index (χ0) is 15.4. The first-order valence-corrected chi connectivity index (χ1v) is 8.09. The van der Waals surface area contributed by atoms with E-state index >= 15 is 0 Å². The Kier molecular flexibility index (Phi) is 8.34. The fourth-order valence-corrected chi connectivity index (χ4v) is 2.50. The summed E-state index contributed by atoms with van der Waals surface area (Å²) in [5.41, 5.74) is 1.09. The van der Waals surface area contributed by atoms with Crippen LogP contribution in [-0.2, 0) is 0 Å². The maximum atomic E-state index is 5.63. The lowest BCUT2D eigenvalue weighted by molar-refractivity contribution is -0.915. The van der Waals surface area contributed by atoms with Crippen molar-refractivity contribution in [2.24, 2.45) is 0 Å². The molecule has 0 radical (unpaired) electrons. The first-order valence-electron chi connectivity index (χ1n) is 8.09. The van der Waals surface area contributed by atoms with Gasteiger partial charge in [-0.2, -0.15) is 0 Å². The third kappa shape index (κ3) is 6.52. The van der Waals surface area contributed by atoms with Crippen LogP contribution in [0.4, 0.5) is 0 Å². The van der Waals surface area contributed by atoms with E-state index in [-0.39, 0.29) is 0 Å². The molecule has 0 saturated heterocycles. The molecule has 0 aliphatic rings. The second kappa shape index (κ2) is 10.1. The molecular formula is C20H28N+. The van der Waals surface area contributed by atoms with Crippen molar-refractivity contribution < 1.29 is 4.48 Å². The third-order valence-electron chi connectivity index (χ3n) is 3.82. The quantitative estimate of drug-likeness (QED) is 0.498. The summed E-state index contributed by atoms with van der Waals surface area (Å²) in [4.78, 5) is 0. The van der Waals surface area contributed by atoms with Crippen molar-refractivity contribution in [2.45, 2.75) is 39.5 Å². The van der Waals surface area contributed by atoms with Crippen molar-refractivity contribution in [3.8, 4) is 24.2 Å². The third-order valence-corrected chi connectivity index (χ3v) is 3.82. The van der Waals surface area contributed by atoms with Crippen LogP contribution in [0.5, 0.6) is 0 Å². The molecule has 0 aliphatic carbocycles. The van der Waals surface area contributed by atoms with Crippen LogP contribution < -0.4 is 0 Å². The van der Waals surface area contributed by atoms with Gasteiger partial charge in [0.05, 0.1) is 13.1 Å². The minimum absolute atomic E-state index is 0.795. The summed E-state index contributed by atoms with van der Waals surface area (Å²) in [6.45, 7) is 8.41. The van der Waals surface area contributed by atoms with E-state index in [2.05, 4.69) is 43.7 Å². The molecule has 0 fully saturated rings. The van der Waals surface area contributed by atoms with Gasteiger partial charge in [0.1, 0.15) is 13.1 Å². The summed E-state index contributed by atoms with van der Waals surface area (Å²) in [5.74, 6) is 9.53. The highest BCUT2D eigenvalue weighted by Crippen LogP contribution is 2.11. The number of rotatable bonds is 8. The first-order chi connectivity index (χ1) is 10.3. The molecule has 1 rings (SSSR count). The molecule has 0 N–H and O–H groups in total. The topological polar surface area (TPSA) is 0 Å². The number of quaternary nitrogens is 1. The number of hydrogen-bond donors (Lipinski definition) is 0. The summed E-state index contributed by atoms with van der Waals surface area (Å²) in [5, 5.41) is 0. The molecule has 0 saturated carbocycles. The van der Waals surface area contributed by atoms with Crippen molar-refractivity contribution in [1.29, 1.82) is 0 Å². The maximum absolute atomic E-state index is 5.63. The molecule has 0 aliphatic heterocycles. The average molecular weight is 282 g/mol. The lowest BCUT2D eigenvalue weighted by Crippen LogP contribution is -2.50. The van der Waals surface area contributed by atoms with E-state index in [0.717, 1.165) is 36.2 Å². The Morgan fingerprint density at radius 2 is 1.57 bits per heavy atom. The van der Waals surface area contributed by atoms with Gasteiger partial charge in [-0.15, -0.1) is 6.42 Å². The monoisotopic (exact) mass is 282 g/mol. The molecular weight excluding hydrogens is 254 g/mol. The SMILES string of the molecule is C#CC[N+](CC#Cc1ccccc1)(CCCC)CCCC. The zero-order valence-corrected chi connectivity index (χ0v) is 13.6. The zero-order valence-electron chi connectivity index (χ0n) is 13.6. The van der Waals surface area contributed by atoms with Gasteiger partial charge in [-0.1, -0.05) is 50.8 Å². The van der Waals surface area contributed by atoms with Crippen LogP contribution in [0.3, 0.4) is 0 Å². The molecule has 0 unspecified atom stereocenters. The van der Waals surface area contributed by atoms with Crippen LogP contribution >= 0.6 is 0 Å². The van der Waals surface area contributed by atoms with Gasteiger partial charge in [0.2, 0.25) is 0 Å². The normalized spacial score (nSPS) is 10.5. The molecule has 112 valence electrons. The van der Waals surface area contributed by atoms with Gasteiger partial charge in [0.25, 0.3) is 0 Å². The molecule has 0 aromatic heterocycles. The van der Waals surface area contributed by atoms with Gasteiger partial charge in [-0.05, 0) is 36.8 Å². The summed E-state index contributed by atoms with van der Waals surface area (Å²) in [6, 6.07) is 10.2. The van der Waals surface area contributed by atoms with Crippen LogP contribution in [0.1, 0.15) is 45.1 Å². The fraction of sp³-hybridized carbons (Fsp3) is 0.500. The van der Waals surface area contributed by atoms with Crippen molar-refractivity contribution in [2.75, 3.05) is 26.2 Å². The minimum atomic E-state index is 0.795. The van der Waals surface area contributed by atoms with E-state index in [9.17, 15) is 0 Å². The summed E-state index contributed by atoms with van der Waals surface area (Å²) in [6.07, 6.45) is 10.5. The van der Waals surface area contributed by atoms with Gasteiger partial charge in [-0.25, -0.2) is 0 Å². The maximum Gasteiger partial charge on any atom is 0.142 e. The summed E-state index contributed by atoms with van der Waals surface area (Å²) >= 11 is 0. The molecule has 0 heterocycles. The molecule has 0 bridgehead atoms. The number of terminal acetylenes is 1. The Labute approximate surface area is 131 Å². The van der Waals surface area contributed by atoms with Crippen molar-refractivity contribution in [1.82, 2.24) is 0 Å². The summed E-state index contributed by atoms with van der Waals surface area (Å²) in [7, 11) is 0. The first kappa shape index (κ1) is 17.4. The van der Waals surface area contributed by atoms with Gasteiger partial charge >= 0.3 is 0 Å². The van der Waals surface area contributed by atoms with E-state index < -0.39 is 0 Å². The van der Waals surface area contributed by atoms with Crippen molar-refractivity contribution in [3.63, 3.8) is 0 Å². The second-order valence-corrected chi connectivity index (χ2v) is 5.68. The molecule has 21 heavy (non-hydrogen) atoms. The Morgan fingerprint density at radius 1 is 0.952 bits per heavy atom. The predicted molar refractivity (Wildman–Crippen MR) is 91.7 cm³/mol. The smallest absolute Gasteiger partial charge is 0.142 e. The van der Waals surface area contributed by atoms with Crippen LogP contribution in [0.2, 0.25) is 0 Å². The van der Waals surface area contributed by atoms with Crippen molar-refractivity contribution in [3.05, 3.63) is 35.9 Å². The largest absolute Gasteiger partial charge is 0.303 e. The van der Waals surface area contributed by atoms with Crippen molar-refractivity contribution >= 4 is 0 Å². The Hall–Kier alpha value is -1.70. The molecule has 1 aromatic carbocycles. The van der Waals surface area contributed by atoms with Gasteiger partial charge < -0.3 is 4.48 Å². The summed E-state index contributed by atoms with van der Waals surface area (Å²) < 4.78 is 0.956. The number of unbranched alkanes of at least 4 members (excludes halogenated alkanes) is 2. The van der Waals surface area contributed by atoms with E-state index in [1.54, 1.807) is 0 Å². The van der Waals surface area contributed by atoms with E-state index in [4.69, 9.17) is 6.42 Å². The Morgan fingerprint density at radius 3 is 2.10 bits per heavy atom. The Bertz CT molecular complexity index is 476. The molecule has 1 aromatic rings. The lowest BCUT2D eigenvalue weighted by atomic mass is 10.2. The fourth-order valence-electron chi connectivity index (χ4n) is 2.50.